The molecule has 3 rings (SSSR count). The summed E-state index contributed by atoms with van der Waals surface area (Å²) in [5.41, 5.74) is 1.79. The minimum absolute atomic E-state index is 0.502. The maximum Gasteiger partial charge on any atom is 0.318 e. The van der Waals surface area contributed by atoms with Gasteiger partial charge >= 0.3 is 6.01 Å². The van der Waals surface area contributed by atoms with Crippen molar-refractivity contribution in [2.24, 2.45) is 0 Å². The van der Waals surface area contributed by atoms with E-state index < -0.39 is 0 Å². The molecule has 0 aromatic carbocycles. The van der Waals surface area contributed by atoms with Gasteiger partial charge in [-0.1, -0.05) is 5.10 Å². The van der Waals surface area contributed by atoms with Crippen molar-refractivity contribution < 1.29 is 4.42 Å². The Kier molecular flexibility index (Phi) is 3.78. The summed E-state index contributed by atoms with van der Waals surface area (Å²) >= 11 is 0. The lowest BCUT2D eigenvalue weighted by molar-refractivity contribution is 0.505. The first kappa shape index (κ1) is 12.9. The molecule has 3 heterocycles. The van der Waals surface area contributed by atoms with Crippen LogP contribution in [0.2, 0.25) is 0 Å². The van der Waals surface area contributed by atoms with Gasteiger partial charge < -0.3 is 20.0 Å². The molecule has 7 nitrogen and oxygen atoms in total. The molecule has 0 radical (unpaired) electrons. The SMILES string of the molecule is CCNc1ccncc1-c1nnc(N2CCNCC2)o1. The topological polar surface area (TPSA) is 79.1 Å². The lowest BCUT2D eigenvalue weighted by Gasteiger charge is -2.24. The second kappa shape index (κ2) is 5.87. The van der Waals surface area contributed by atoms with E-state index in [1.807, 2.05) is 13.0 Å². The summed E-state index contributed by atoms with van der Waals surface area (Å²) in [5, 5.41) is 14.9. The Bertz CT molecular complexity index is 563. The third-order valence-corrected chi connectivity index (χ3v) is 3.22. The summed E-state index contributed by atoms with van der Waals surface area (Å²) in [6, 6.07) is 2.49. The second-order valence-electron chi connectivity index (χ2n) is 4.58. The highest BCUT2D eigenvalue weighted by molar-refractivity contribution is 5.71. The molecule has 2 aromatic heterocycles. The molecule has 0 bridgehead atoms. The fourth-order valence-corrected chi connectivity index (χ4v) is 2.22. The lowest BCUT2D eigenvalue weighted by Crippen LogP contribution is -2.43. The molecule has 0 amide bonds. The average Bonchev–Trinajstić information content (AvgIpc) is 2.99. The van der Waals surface area contributed by atoms with Crippen molar-refractivity contribution in [3.63, 3.8) is 0 Å². The molecular weight excluding hydrogens is 256 g/mol. The molecule has 1 saturated heterocycles. The highest BCUT2D eigenvalue weighted by Crippen LogP contribution is 2.27. The Hall–Kier alpha value is -2.15. The van der Waals surface area contributed by atoms with Gasteiger partial charge in [-0.2, -0.15) is 0 Å². The molecule has 0 unspecified atom stereocenters. The number of pyridine rings is 1. The highest BCUT2D eigenvalue weighted by atomic mass is 16.4. The number of anilines is 2. The number of hydrogen-bond donors (Lipinski definition) is 2. The fraction of sp³-hybridized carbons (Fsp3) is 0.462. The third kappa shape index (κ3) is 2.57. The summed E-state index contributed by atoms with van der Waals surface area (Å²) in [4.78, 5) is 6.23. The quantitative estimate of drug-likeness (QED) is 0.860. The third-order valence-electron chi connectivity index (χ3n) is 3.22. The van der Waals surface area contributed by atoms with Gasteiger partial charge in [-0.25, -0.2) is 0 Å². The van der Waals surface area contributed by atoms with Crippen LogP contribution in [0.3, 0.4) is 0 Å². The van der Waals surface area contributed by atoms with Crippen molar-refractivity contribution >= 4 is 11.7 Å². The summed E-state index contributed by atoms with van der Waals surface area (Å²) in [6.45, 7) is 6.52. The van der Waals surface area contributed by atoms with Crippen molar-refractivity contribution in [2.75, 3.05) is 42.9 Å². The van der Waals surface area contributed by atoms with Crippen molar-refractivity contribution in [3.05, 3.63) is 18.5 Å². The number of aromatic nitrogens is 3. The van der Waals surface area contributed by atoms with Crippen LogP contribution in [-0.4, -0.2) is 47.9 Å². The maximum absolute atomic E-state index is 5.79. The van der Waals surface area contributed by atoms with Crippen LogP contribution < -0.4 is 15.5 Å². The van der Waals surface area contributed by atoms with Crippen molar-refractivity contribution in [1.29, 1.82) is 0 Å². The van der Waals surface area contributed by atoms with E-state index in [9.17, 15) is 0 Å². The summed E-state index contributed by atoms with van der Waals surface area (Å²) in [6.07, 6.45) is 3.49. The first-order chi connectivity index (χ1) is 9.88. The Labute approximate surface area is 117 Å². The van der Waals surface area contributed by atoms with Gasteiger partial charge in [0.15, 0.2) is 0 Å². The van der Waals surface area contributed by atoms with Gasteiger partial charge in [0.1, 0.15) is 0 Å². The van der Waals surface area contributed by atoms with Crippen LogP contribution >= 0.6 is 0 Å². The molecule has 20 heavy (non-hydrogen) atoms. The molecule has 0 aliphatic carbocycles. The molecule has 2 aromatic rings. The predicted molar refractivity (Wildman–Crippen MR) is 76.8 cm³/mol. The van der Waals surface area contributed by atoms with Gasteiger partial charge in [0.2, 0.25) is 0 Å². The summed E-state index contributed by atoms with van der Waals surface area (Å²) in [7, 11) is 0. The Morgan fingerprint density at radius 2 is 2.20 bits per heavy atom. The molecule has 106 valence electrons. The number of nitrogens with zero attached hydrogens (tertiary/aromatic N) is 4. The lowest BCUT2D eigenvalue weighted by atomic mass is 10.2. The normalized spacial score (nSPS) is 15.3. The zero-order chi connectivity index (χ0) is 13.8. The maximum atomic E-state index is 5.79. The number of hydrogen-bond acceptors (Lipinski definition) is 7. The Balaban J connectivity index is 1.86. The van der Waals surface area contributed by atoms with Crippen LogP contribution in [0.1, 0.15) is 6.92 Å². The first-order valence-corrected chi connectivity index (χ1v) is 6.86. The molecule has 1 aliphatic rings. The standard InChI is InChI=1S/C13H18N6O/c1-2-16-11-3-4-15-9-10(11)12-17-18-13(20-12)19-7-5-14-6-8-19/h3-4,9,14H,2,5-8H2,1H3,(H,15,16). The average molecular weight is 274 g/mol. The van der Waals surface area contributed by atoms with Gasteiger partial charge in [0.05, 0.1) is 11.3 Å². The van der Waals surface area contributed by atoms with Gasteiger partial charge in [-0.05, 0) is 13.0 Å². The van der Waals surface area contributed by atoms with Crippen molar-refractivity contribution in [3.8, 4) is 11.5 Å². The van der Waals surface area contributed by atoms with Crippen LogP contribution in [0.5, 0.6) is 0 Å². The first-order valence-electron chi connectivity index (χ1n) is 6.86. The van der Waals surface area contributed by atoms with Crippen LogP contribution in [0, 0.1) is 0 Å². The molecule has 0 spiro atoms. The Morgan fingerprint density at radius 3 is 3.00 bits per heavy atom. The number of piperazine rings is 1. The van der Waals surface area contributed by atoms with Crippen molar-refractivity contribution in [1.82, 2.24) is 20.5 Å². The van der Waals surface area contributed by atoms with Gasteiger partial charge in [0.25, 0.3) is 5.89 Å². The van der Waals surface area contributed by atoms with Crippen LogP contribution in [0.4, 0.5) is 11.7 Å². The van der Waals surface area contributed by atoms with E-state index >= 15 is 0 Å². The minimum atomic E-state index is 0.502. The second-order valence-corrected chi connectivity index (χ2v) is 4.58. The molecule has 7 heteroatoms. The van der Waals surface area contributed by atoms with E-state index in [1.54, 1.807) is 12.4 Å². The molecule has 1 aliphatic heterocycles. The van der Waals surface area contributed by atoms with Crippen LogP contribution in [0.15, 0.2) is 22.9 Å². The smallest absolute Gasteiger partial charge is 0.318 e. The van der Waals surface area contributed by atoms with Crippen molar-refractivity contribution in [2.45, 2.75) is 6.92 Å². The van der Waals surface area contributed by atoms with E-state index in [-0.39, 0.29) is 0 Å². The zero-order valence-electron chi connectivity index (χ0n) is 11.5. The number of nitrogens with one attached hydrogen (secondary N) is 2. The minimum Gasteiger partial charge on any atom is -0.403 e. The fourth-order valence-electron chi connectivity index (χ4n) is 2.22. The number of rotatable bonds is 4. The van der Waals surface area contributed by atoms with Gasteiger partial charge in [-0.3, -0.25) is 4.98 Å². The molecule has 1 fully saturated rings. The molecular formula is C13H18N6O. The largest absolute Gasteiger partial charge is 0.403 e. The molecule has 0 atom stereocenters. The monoisotopic (exact) mass is 274 g/mol. The van der Waals surface area contributed by atoms with Crippen LogP contribution in [0.25, 0.3) is 11.5 Å². The van der Waals surface area contributed by atoms with E-state index in [4.69, 9.17) is 4.42 Å². The van der Waals surface area contributed by atoms with Crippen LogP contribution in [-0.2, 0) is 0 Å². The van der Waals surface area contributed by atoms with E-state index in [2.05, 4.69) is 30.7 Å². The molecule has 0 saturated carbocycles. The van der Waals surface area contributed by atoms with E-state index in [0.717, 1.165) is 44.0 Å². The van der Waals surface area contributed by atoms with E-state index in [1.165, 1.54) is 0 Å². The Morgan fingerprint density at radius 1 is 1.35 bits per heavy atom. The zero-order valence-corrected chi connectivity index (χ0v) is 11.5. The van der Waals surface area contributed by atoms with E-state index in [0.29, 0.717) is 11.9 Å². The summed E-state index contributed by atoms with van der Waals surface area (Å²) < 4.78 is 5.79. The van der Waals surface area contributed by atoms with Gasteiger partial charge in [-0.15, -0.1) is 5.10 Å². The highest BCUT2D eigenvalue weighted by Gasteiger charge is 2.18. The van der Waals surface area contributed by atoms with Gasteiger partial charge in [0, 0.05) is 45.1 Å². The predicted octanol–water partition coefficient (Wildman–Crippen LogP) is 0.973. The summed E-state index contributed by atoms with van der Waals surface area (Å²) in [5.74, 6) is 0.502. The molecule has 2 N–H and O–H groups in total.